The number of hydrogen-bond acceptors (Lipinski definition) is 3. The third kappa shape index (κ3) is 2.71. The lowest BCUT2D eigenvalue weighted by Gasteiger charge is -2.16. The van der Waals surface area contributed by atoms with E-state index in [9.17, 15) is 4.39 Å². The van der Waals surface area contributed by atoms with Crippen LogP contribution in [0.2, 0.25) is 0 Å². The van der Waals surface area contributed by atoms with Gasteiger partial charge in [0.1, 0.15) is 5.82 Å². The van der Waals surface area contributed by atoms with Gasteiger partial charge in [-0.25, -0.2) is 4.39 Å². The molecule has 0 saturated carbocycles. The Kier molecular flexibility index (Phi) is 3.99. The number of hydrogen-bond donors (Lipinski definition) is 1. The van der Waals surface area contributed by atoms with Crippen LogP contribution in [0.15, 0.2) is 36.8 Å². The van der Waals surface area contributed by atoms with E-state index in [0.717, 1.165) is 17.7 Å². The Morgan fingerprint density at radius 2 is 2.17 bits per heavy atom. The SMILES string of the molecule is CCNC(C)c1ccc(F)cc1-c1cnccn1. The second kappa shape index (κ2) is 5.69. The summed E-state index contributed by atoms with van der Waals surface area (Å²) in [5, 5.41) is 3.32. The maximum Gasteiger partial charge on any atom is 0.123 e. The molecule has 1 unspecified atom stereocenters. The first-order chi connectivity index (χ1) is 8.72. The zero-order valence-corrected chi connectivity index (χ0v) is 10.5. The average molecular weight is 245 g/mol. The lowest BCUT2D eigenvalue weighted by molar-refractivity contribution is 0.593. The second-order valence-corrected chi connectivity index (χ2v) is 4.10. The summed E-state index contributed by atoms with van der Waals surface area (Å²) in [6.45, 7) is 4.96. The normalized spacial score (nSPS) is 12.4. The van der Waals surface area contributed by atoms with Gasteiger partial charge in [0.25, 0.3) is 0 Å². The zero-order valence-electron chi connectivity index (χ0n) is 10.5. The van der Waals surface area contributed by atoms with E-state index in [1.165, 1.54) is 12.1 Å². The second-order valence-electron chi connectivity index (χ2n) is 4.10. The molecule has 94 valence electrons. The van der Waals surface area contributed by atoms with Crippen molar-refractivity contribution in [3.63, 3.8) is 0 Å². The summed E-state index contributed by atoms with van der Waals surface area (Å²) in [5.74, 6) is -0.261. The topological polar surface area (TPSA) is 37.8 Å². The van der Waals surface area contributed by atoms with Crippen molar-refractivity contribution < 1.29 is 4.39 Å². The smallest absolute Gasteiger partial charge is 0.123 e. The molecule has 1 aromatic carbocycles. The molecule has 0 fully saturated rings. The van der Waals surface area contributed by atoms with E-state index in [4.69, 9.17) is 0 Å². The summed E-state index contributed by atoms with van der Waals surface area (Å²) in [4.78, 5) is 8.27. The first-order valence-corrected chi connectivity index (χ1v) is 6.01. The standard InChI is InChI=1S/C14H16FN3/c1-3-17-10(2)12-5-4-11(15)8-13(12)14-9-16-6-7-18-14/h4-10,17H,3H2,1-2H3. The van der Waals surface area contributed by atoms with E-state index in [-0.39, 0.29) is 11.9 Å². The Morgan fingerprint density at radius 3 is 2.83 bits per heavy atom. The van der Waals surface area contributed by atoms with Crippen molar-refractivity contribution in [1.82, 2.24) is 15.3 Å². The Bertz CT molecular complexity index is 514. The van der Waals surface area contributed by atoms with E-state index in [2.05, 4.69) is 22.2 Å². The highest BCUT2D eigenvalue weighted by molar-refractivity contribution is 5.63. The van der Waals surface area contributed by atoms with Crippen LogP contribution < -0.4 is 5.32 Å². The van der Waals surface area contributed by atoms with Crippen LogP contribution in [0.25, 0.3) is 11.3 Å². The maximum absolute atomic E-state index is 13.4. The highest BCUT2D eigenvalue weighted by Gasteiger charge is 2.13. The van der Waals surface area contributed by atoms with Gasteiger partial charge in [-0.2, -0.15) is 0 Å². The third-order valence-electron chi connectivity index (χ3n) is 2.83. The van der Waals surface area contributed by atoms with Crippen molar-refractivity contribution in [2.24, 2.45) is 0 Å². The molecule has 2 aromatic rings. The van der Waals surface area contributed by atoms with E-state index in [0.29, 0.717) is 5.69 Å². The van der Waals surface area contributed by atoms with Crippen molar-refractivity contribution >= 4 is 0 Å². The number of nitrogens with one attached hydrogen (secondary N) is 1. The molecule has 18 heavy (non-hydrogen) atoms. The molecule has 1 aromatic heterocycles. The quantitative estimate of drug-likeness (QED) is 0.900. The van der Waals surface area contributed by atoms with Crippen LogP contribution in [0.4, 0.5) is 4.39 Å². The fraction of sp³-hybridized carbons (Fsp3) is 0.286. The number of halogens is 1. The number of aromatic nitrogens is 2. The molecule has 1 N–H and O–H groups in total. The van der Waals surface area contributed by atoms with E-state index >= 15 is 0 Å². The molecule has 3 nitrogen and oxygen atoms in total. The predicted molar refractivity (Wildman–Crippen MR) is 69.5 cm³/mol. The minimum absolute atomic E-state index is 0.146. The first-order valence-electron chi connectivity index (χ1n) is 6.01. The largest absolute Gasteiger partial charge is 0.310 e. The number of nitrogens with zero attached hydrogens (tertiary/aromatic N) is 2. The van der Waals surface area contributed by atoms with Crippen molar-refractivity contribution in [3.05, 3.63) is 48.2 Å². The fourth-order valence-corrected chi connectivity index (χ4v) is 1.98. The first kappa shape index (κ1) is 12.6. The Balaban J connectivity index is 2.48. The summed E-state index contributed by atoms with van der Waals surface area (Å²) < 4.78 is 13.4. The van der Waals surface area contributed by atoms with Gasteiger partial charge in [-0.3, -0.25) is 9.97 Å². The predicted octanol–water partition coefficient (Wildman–Crippen LogP) is 2.95. The van der Waals surface area contributed by atoms with Crippen LogP contribution in [0.5, 0.6) is 0 Å². The van der Waals surface area contributed by atoms with Crippen LogP contribution in [-0.4, -0.2) is 16.5 Å². The molecule has 0 bridgehead atoms. The van der Waals surface area contributed by atoms with Crippen molar-refractivity contribution in [3.8, 4) is 11.3 Å². The van der Waals surface area contributed by atoms with Crippen LogP contribution in [0.3, 0.4) is 0 Å². The number of rotatable bonds is 4. The van der Waals surface area contributed by atoms with E-state index in [1.807, 2.05) is 6.92 Å². The summed E-state index contributed by atoms with van der Waals surface area (Å²) in [6, 6.07) is 4.93. The van der Waals surface area contributed by atoms with Gasteiger partial charge in [-0.05, 0) is 31.2 Å². The lowest BCUT2D eigenvalue weighted by Crippen LogP contribution is -2.18. The molecule has 1 heterocycles. The molecular formula is C14H16FN3. The Labute approximate surface area is 106 Å². The van der Waals surface area contributed by atoms with Crippen molar-refractivity contribution in [2.45, 2.75) is 19.9 Å². The third-order valence-corrected chi connectivity index (χ3v) is 2.83. The Hall–Kier alpha value is -1.81. The highest BCUT2D eigenvalue weighted by atomic mass is 19.1. The summed E-state index contributed by atoms with van der Waals surface area (Å²) in [7, 11) is 0. The molecule has 0 saturated heterocycles. The molecule has 0 aliphatic rings. The van der Waals surface area contributed by atoms with E-state index < -0.39 is 0 Å². The molecule has 2 rings (SSSR count). The van der Waals surface area contributed by atoms with E-state index in [1.54, 1.807) is 24.7 Å². The summed E-state index contributed by atoms with van der Waals surface area (Å²) >= 11 is 0. The molecule has 0 radical (unpaired) electrons. The van der Waals surface area contributed by atoms with Crippen LogP contribution >= 0.6 is 0 Å². The molecule has 4 heteroatoms. The van der Waals surface area contributed by atoms with Gasteiger partial charge in [0.2, 0.25) is 0 Å². The molecular weight excluding hydrogens is 229 g/mol. The summed E-state index contributed by atoms with van der Waals surface area (Å²) in [5.41, 5.74) is 2.51. The van der Waals surface area contributed by atoms with Crippen molar-refractivity contribution in [2.75, 3.05) is 6.54 Å². The highest BCUT2D eigenvalue weighted by Crippen LogP contribution is 2.27. The van der Waals surface area contributed by atoms with Gasteiger partial charge in [0.05, 0.1) is 11.9 Å². The van der Waals surface area contributed by atoms with Gasteiger partial charge in [-0.15, -0.1) is 0 Å². The van der Waals surface area contributed by atoms with Crippen LogP contribution in [0, 0.1) is 5.82 Å². The van der Waals surface area contributed by atoms with Gasteiger partial charge in [0.15, 0.2) is 0 Å². The molecule has 0 amide bonds. The van der Waals surface area contributed by atoms with Crippen molar-refractivity contribution in [1.29, 1.82) is 0 Å². The van der Waals surface area contributed by atoms with Gasteiger partial charge < -0.3 is 5.32 Å². The average Bonchev–Trinajstić information content (AvgIpc) is 2.40. The van der Waals surface area contributed by atoms with Gasteiger partial charge in [0, 0.05) is 24.0 Å². The molecule has 0 aliphatic carbocycles. The fourth-order valence-electron chi connectivity index (χ4n) is 1.98. The van der Waals surface area contributed by atoms with Gasteiger partial charge >= 0.3 is 0 Å². The summed E-state index contributed by atoms with van der Waals surface area (Å²) in [6.07, 6.45) is 4.87. The zero-order chi connectivity index (χ0) is 13.0. The van der Waals surface area contributed by atoms with Crippen LogP contribution in [0.1, 0.15) is 25.5 Å². The maximum atomic E-state index is 13.4. The van der Waals surface area contributed by atoms with Gasteiger partial charge in [-0.1, -0.05) is 13.0 Å². The number of benzene rings is 1. The molecule has 0 aliphatic heterocycles. The monoisotopic (exact) mass is 245 g/mol. The Morgan fingerprint density at radius 1 is 1.33 bits per heavy atom. The minimum atomic E-state index is -0.261. The molecule has 1 atom stereocenters. The lowest BCUT2D eigenvalue weighted by atomic mass is 9.99. The minimum Gasteiger partial charge on any atom is -0.310 e. The molecule has 0 spiro atoms. The van der Waals surface area contributed by atoms with Crippen LogP contribution in [-0.2, 0) is 0 Å².